The third-order valence-electron chi connectivity index (χ3n) is 6.68. The number of hydrogen-bond donors (Lipinski definition) is 10. The van der Waals surface area contributed by atoms with E-state index in [1.165, 1.54) is 13.8 Å². The van der Waals surface area contributed by atoms with Crippen molar-refractivity contribution in [3.63, 3.8) is 0 Å². The third-order valence-corrected chi connectivity index (χ3v) is 6.68. The van der Waals surface area contributed by atoms with Crippen molar-refractivity contribution in [2.75, 3.05) is 6.54 Å². The number of nitrogens with one attached hydrogen (secondary N) is 5. The van der Waals surface area contributed by atoms with Crippen molar-refractivity contribution in [2.45, 2.75) is 102 Å². The van der Waals surface area contributed by atoms with Gasteiger partial charge in [0.2, 0.25) is 35.4 Å². The van der Waals surface area contributed by atoms with Gasteiger partial charge in [0.1, 0.15) is 30.2 Å². The number of nitrogens with two attached hydrogens (primary N) is 3. The number of aliphatic carboxylic acids is 2. The van der Waals surface area contributed by atoms with E-state index in [1.54, 1.807) is 6.92 Å². The van der Waals surface area contributed by atoms with E-state index in [2.05, 4.69) is 26.6 Å². The van der Waals surface area contributed by atoms with Gasteiger partial charge < -0.3 is 54.0 Å². The van der Waals surface area contributed by atoms with Gasteiger partial charge in [-0.2, -0.15) is 0 Å². The zero-order chi connectivity index (χ0) is 34.1. The molecule has 0 fully saturated rings. The summed E-state index contributed by atoms with van der Waals surface area (Å²) < 4.78 is 0. The third kappa shape index (κ3) is 14.7. The Labute approximate surface area is 255 Å². The zero-order valence-corrected chi connectivity index (χ0v) is 25.4. The molecule has 0 aliphatic rings. The normalized spacial score (nSPS) is 15.6. The number of rotatable bonds is 21. The average Bonchev–Trinajstić information content (AvgIpc) is 2.93. The summed E-state index contributed by atoms with van der Waals surface area (Å²) in [5.74, 6) is -8.69. The number of unbranched alkanes of at least 4 members (excludes halogenated alkanes) is 1. The molecule has 7 atom stereocenters. The lowest BCUT2D eigenvalue weighted by Crippen LogP contribution is -2.59. The monoisotopic (exact) mass is 630 g/mol. The second kappa shape index (κ2) is 19.8. The topological polar surface area (TPSA) is 315 Å². The molecule has 0 aromatic carbocycles. The van der Waals surface area contributed by atoms with Crippen LogP contribution in [0.2, 0.25) is 0 Å². The average molecular weight is 631 g/mol. The molecular weight excluding hydrogens is 584 g/mol. The smallest absolute Gasteiger partial charge is 0.326 e. The Hall–Kier alpha value is -4.32. The van der Waals surface area contributed by atoms with Gasteiger partial charge >= 0.3 is 11.9 Å². The standard InChI is InChI=1S/C26H46N8O10/c1-5-12(2)20(29)25(42)31-13(3)21(38)30-14(4)22(39)33-17(11-19(36)37)24(41)34-16(10-18(28)35)23(40)32-15(26(43)44)8-6-7-9-27/h12-17,20H,5-11,27,29H2,1-4H3,(H2,28,35)(H,30,38)(H,31,42)(H,32,40)(H,33,39)(H,34,41)(H,36,37)(H,43,44)/t12-,13-,14-,15-,16-,17-,20-/m0/s1. The van der Waals surface area contributed by atoms with Crippen molar-refractivity contribution in [3.8, 4) is 0 Å². The highest BCUT2D eigenvalue weighted by molar-refractivity contribution is 5.98. The van der Waals surface area contributed by atoms with Crippen molar-refractivity contribution in [1.82, 2.24) is 26.6 Å². The first-order chi connectivity index (χ1) is 20.4. The molecule has 13 N–H and O–H groups in total. The number of carboxylic acid groups (broad SMARTS) is 2. The largest absolute Gasteiger partial charge is 0.481 e. The molecular formula is C26H46N8O10. The SMILES string of the molecule is CC[C@H](C)[C@H](N)C(=O)N[C@@H](C)C(=O)N[C@@H](C)C(=O)N[C@@H](CC(=O)O)C(=O)N[C@@H](CC(N)=O)C(=O)N[C@@H](CCCCN)C(=O)O. The quantitative estimate of drug-likeness (QED) is 0.0550. The maximum absolute atomic E-state index is 13.0. The van der Waals surface area contributed by atoms with Gasteiger partial charge in [0.25, 0.3) is 0 Å². The van der Waals surface area contributed by atoms with Gasteiger partial charge in [-0.05, 0) is 45.6 Å². The number of carbonyl (C=O) groups excluding carboxylic acids is 6. The Morgan fingerprint density at radius 3 is 1.57 bits per heavy atom. The number of hydrogen-bond acceptors (Lipinski definition) is 10. The van der Waals surface area contributed by atoms with Crippen LogP contribution in [0.3, 0.4) is 0 Å². The Kier molecular flexibility index (Phi) is 17.8. The predicted octanol–water partition coefficient (Wildman–Crippen LogP) is -3.61. The second-order valence-corrected chi connectivity index (χ2v) is 10.4. The highest BCUT2D eigenvalue weighted by Crippen LogP contribution is 2.06. The summed E-state index contributed by atoms with van der Waals surface area (Å²) in [6, 6.07) is -8.13. The first-order valence-electron chi connectivity index (χ1n) is 14.1. The highest BCUT2D eigenvalue weighted by Gasteiger charge is 2.33. The van der Waals surface area contributed by atoms with E-state index in [0.717, 1.165) is 0 Å². The molecule has 0 rings (SSSR count). The number of amides is 6. The van der Waals surface area contributed by atoms with Gasteiger partial charge in [-0.25, -0.2) is 4.79 Å². The summed E-state index contributed by atoms with van der Waals surface area (Å²) in [5, 5.41) is 29.9. The molecule has 0 aliphatic heterocycles. The lowest BCUT2D eigenvalue weighted by molar-refractivity contribution is -0.143. The van der Waals surface area contributed by atoms with Crippen molar-refractivity contribution in [3.05, 3.63) is 0 Å². The molecule has 0 aromatic heterocycles. The van der Waals surface area contributed by atoms with Crippen LogP contribution < -0.4 is 43.8 Å². The fourth-order valence-electron chi connectivity index (χ4n) is 3.68. The van der Waals surface area contributed by atoms with Crippen LogP contribution in [0.15, 0.2) is 0 Å². The van der Waals surface area contributed by atoms with Gasteiger partial charge in [0.15, 0.2) is 0 Å². The van der Waals surface area contributed by atoms with Crippen LogP contribution in [0.4, 0.5) is 0 Å². The van der Waals surface area contributed by atoms with Crippen LogP contribution >= 0.6 is 0 Å². The minimum Gasteiger partial charge on any atom is -0.481 e. The second-order valence-electron chi connectivity index (χ2n) is 10.4. The Bertz CT molecular complexity index is 1060. The molecule has 0 saturated carbocycles. The molecule has 0 aliphatic carbocycles. The Morgan fingerprint density at radius 1 is 0.659 bits per heavy atom. The minimum atomic E-state index is -1.78. The molecule has 250 valence electrons. The maximum atomic E-state index is 13.0. The first kappa shape index (κ1) is 39.7. The molecule has 0 heterocycles. The summed E-state index contributed by atoms with van der Waals surface area (Å²) in [6.45, 7) is 6.51. The van der Waals surface area contributed by atoms with Crippen LogP contribution in [0.25, 0.3) is 0 Å². The molecule has 6 amide bonds. The molecule has 18 nitrogen and oxygen atoms in total. The van der Waals surface area contributed by atoms with E-state index >= 15 is 0 Å². The lowest BCUT2D eigenvalue weighted by atomic mass is 9.99. The summed E-state index contributed by atoms with van der Waals surface area (Å²) in [7, 11) is 0. The molecule has 0 unspecified atom stereocenters. The van der Waals surface area contributed by atoms with Crippen LogP contribution in [-0.2, 0) is 38.4 Å². The lowest BCUT2D eigenvalue weighted by Gasteiger charge is -2.25. The summed E-state index contributed by atoms with van der Waals surface area (Å²) in [6.07, 6.45) is -0.250. The minimum absolute atomic E-state index is 0.00375. The van der Waals surface area contributed by atoms with E-state index in [1.807, 2.05) is 6.92 Å². The van der Waals surface area contributed by atoms with Gasteiger partial charge in [0.05, 0.1) is 18.9 Å². The molecule has 0 saturated heterocycles. The maximum Gasteiger partial charge on any atom is 0.326 e. The van der Waals surface area contributed by atoms with Crippen LogP contribution in [-0.4, -0.2) is 100 Å². The fourth-order valence-corrected chi connectivity index (χ4v) is 3.68. The molecule has 0 bridgehead atoms. The molecule has 0 spiro atoms. The van der Waals surface area contributed by atoms with Crippen molar-refractivity contribution in [1.29, 1.82) is 0 Å². The fraction of sp³-hybridized carbons (Fsp3) is 0.692. The summed E-state index contributed by atoms with van der Waals surface area (Å²) in [4.78, 5) is 97.9. The van der Waals surface area contributed by atoms with Gasteiger partial charge in [0, 0.05) is 0 Å². The van der Waals surface area contributed by atoms with Crippen LogP contribution in [0.5, 0.6) is 0 Å². The highest BCUT2D eigenvalue weighted by atomic mass is 16.4. The first-order valence-corrected chi connectivity index (χ1v) is 14.1. The van der Waals surface area contributed by atoms with Crippen molar-refractivity contribution >= 4 is 47.4 Å². The summed E-state index contributed by atoms with van der Waals surface area (Å²) in [5.41, 5.74) is 16.4. The Balaban J connectivity index is 5.54. The number of carbonyl (C=O) groups is 8. The van der Waals surface area contributed by atoms with Gasteiger partial charge in [-0.1, -0.05) is 20.3 Å². The van der Waals surface area contributed by atoms with E-state index < -0.39 is 96.5 Å². The zero-order valence-electron chi connectivity index (χ0n) is 25.4. The number of primary amides is 1. The molecule has 44 heavy (non-hydrogen) atoms. The Morgan fingerprint density at radius 2 is 1.11 bits per heavy atom. The van der Waals surface area contributed by atoms with Crippen LogP contribution in [0, 0.1) is 5.92 Å². The van der Waals surface area contributed by atoms with Gasteiger partial charge in [-0.3, -0.25) is 33.6 Å². The van der Waals surface area contributed by atoms with Crippen molar-refractivity contribution < 1.29 is 48.6 Å². The molecule has 18 heteroatoms. The van der Waals surface area contributed by atoms with Crippen LogP contribution in [0.1, 0.15) is 66.2 Å². The van der Waals surface area contributed by atoms with E-state index in [0.29, 0.717) is 25.8 Å². The van der Waals surface area contributed by atoms with E-state index in [-0.39, 0.29) is 12.3 Å². The molecule has 0 radical (unpaired) electrons. The van der Waals surface area contributed by atoms with E-state index in [4.69, 9.17) is 17.2 Å². The number of carboxylic acids is 2. The molecule has 0 aromatic rings. The van der Waals surface area contributed by atoms with E-state index in [9.17, 15) is 48.6 Å². The van der Waals surface area contributed by atoms with Crippen molar-refractivity contribution in [2.24, 2.45) is 23.1 Å². The predicted molar refractivity (Wildman–Crippen MR) is 155 cm³/mol. The van der Waals surface area contributed by atoms with Gasteiger partial charge in [-0.15, -0.1) is 0 Å². The summed E-state index contributed by atoms with van der Waals surface area (Å²) >= 11 is 0.